The molecule has 8 heteroatoms. The molecule has 3 heterocycles. The molecule has 0 aliphatic carbocycles. The molecule has 1 N–H and O–H groups in total. The van der Waals surface area contributed by atoms with Gasteiger partial charge in [-0.25, -0.2) is 0 Å². The number of piperazine rings is 2. The summed E-state index contributed by atoms with van der Waals surface area (Å²) in [4.78, 5) is 11.3. The van der Waals surface area contributed by atoms with E-state index in [1.807, 2.05) is 0 Å². The number of aromatic hydroxyl groups is 1. The Morgan fingerprint density at radius 2 is 1.24 bits per heavy atom. The minimum Gasteiger partial charge on any atom is -0.507 e. The van der Waals surface area contributed by atoms with E-state index in [9.17, 15) is 5.11 Å². The summed E-state index contributed by atoms with van der Waals surface area (Å²) >= 11 is 5.69. The first-order valence-electron chi connectivity index (χ1n) is 12.9. The quantitative estimate of drug-likeness (QED) is 0.364. The minimum absolute atomic E-state index is 0.496. The molecule has 0 bridgehead atoms. The molecule has 4 rings (SSSR count). The molecule has 34 heavy (non-hydrogen) atoms. The van der Waals surface area contributed by atoms with Crippen molar-refractivity contribution in [2.24, 2.45) is 0 Å². The number of hydrogen-bond donors (Lipinski definition) is 1. The first-order valence-corrected chi connectivity index (χ1v) is 15.4. The lowest BCUT2D eigenvalue weighted by molar-refractivity contribution is 0.128. The molecule has 2 saturated heterocycles. The van der Waals surface area contributed by atoms with Crippen LogP contribution >= 0.6 is 32.9 Å². The fourth-order valence-corrected chi connectivity index (χ4v) is 8.09. The molecule has 0 spiro atoms. The molecule has 0 saturated carbocycles. The van der Waals surface area contributed by atoms with Gasteiger partial charge in [-0.05, 0) is 42.8 Å². The minimum atomic E-state index is 0.496. The van der Waals surface area contributed by atoms with Gasteiger partial charge in [0.05, 0.1) is 4.88 Å². The maximum absolute atomic E-state index is 11.4. The summed E-state index contributed by atoms with van der Waals surface area (Å²) in [5.74, 6) is 0.496. The van der Waals surface area contributed by atoms with Gasteiger partial charge < -0.3 is 14.9 Å². The lowest BCUT2D eigenvalue weighted by atomic mass is 9.99. The van der Waals surface area contributed by atoms with Gasteiger partial charge in [-0.3, -0.25) is 9.80 Å². The Morgan fingerprint density at radius 1 is 0.765 bits per heavy atom. The van der Waals surface area contributed by atoms with Crippen molar-refractivity contribution in [2.75, 3.05) is 65.4 Å². The van der Waals surface area contributed by atoms with E-state index in [-0.39, 0.29) is 0 Å². The maximum atomic E-state index is 11.4. The predicted molar refractivity (Wildman–Crippen MR) is 149 cm³/mol. The summed E-state index contributed by atoms with van der Waals surface area (Å²) in [6.45, 7) is 19.2. The number of likely N-dealkylation sites (N-methyl/N-ethyl adjacent to an activating group) is 2. The second-order valence-electron chi connectivity index (χ2n) is 9.58. The van der Waals surface area contributed by atoms with Gasteiger partial charge in [0.25, 0.3) is 0 Å². The normalized spacial score (nSPS) is 19.1. The molecule has 0 amide bonds. The topological polar surface area (TPSA) is 33.2 Å². The fourth-order valence-electron chi connectivity index (χ4n) is 5.10. The van der Waals surface area contributed by atoms with Gasteiger partial charge in [-0.15, -0.1) is 0 Å². The lowest BCUT2D eigenvalue weighted by Gasteiger charge is -2.35. The average Bonchev–Trinajstić information content (AvgIpc) is 3.22. The van der Waals surface area contributed by atoms with E-state index in [1.54, 1.807) is 20.7 Å². The molecule has 2 aliphatic heterocycles. The SMILES string of the molecule is CCCc1c(-c2cc(CN3CCN(CC)CC3)c(O)c(CN3CCN(CC)CC3)c2)ssc1=S. The Bertz CT molecular complexity index is 941. The first kappa shape index (κ1) is 26.2. The van der Waals surface area contributed by atoms with Crippen LogP contribution in [0.3, 0.4) is 0 Å². The van der Waals surface area contributed by atoms with E-state index in [1.165, 1.54) is 16.0 Å². The standard InChI is InChI=1S/C26H40N4OS3/c1-4-7-23-25(33-34-26(23)32)20-16-21(18-29-12-8-27(5-2)9-13-29)24(31)22(17-20)19-30-14-10-28(6-3)11-15-30/h16-17,31H,4-15,18-19H2,1-3H3. The van der Waals surface area contributed by atoms with Crippen LogP contribution in [0, 0.1) is 3.82 Å². The Kier molecular flexibility index (Phi) is 9.55. The lowest BCUT2D eigenvalue weighted by Crippen LogP contribution is -2.45. The van der Waals surface area contributed by atoms with E-state index in [0.717, 1.165) is 106 Å². The Morgan fingerprint density at radius 3 is 1.68 bits per heavy atom. The third kappa shape index (κ3) is 6.27. The van der Waals surface area contributed by atoms with Crippen LogP contribution in [0.5, 0.6) is 5.75 Å². The summed E-state index contributed by atoms with van der Waals surface area (Å²) in [5.41, 5.74) is 4.69. The van der Waals surface area contributed by atoms with Gasteiger partial charge in [0, 0.05) is 76.6 Å². The van der Waals surface area contributed by atoms with E-state index in [0.29, 0.717) is 5.75 Å². The third-order valence-electron chi connectivity index (χ3n) is 7.36. The molecule has 188 valence electrons. The highest BCUT2D eigenvalue weighted by Crippen LogP contribution is 2.39. The average molecular weight is 521 g/mol. The highest BCUT2D eigenvalue weighted by atomic mass is 32.9. The largest absolute Gasteiger partial charge is 0.507 e. The zero-order chi connectivity index (χ0) is 24.1. The van der Waals surface area contributed by atoms with E-state index in [4.69, 9.17) is 12.2 Å². The van der Waals surface area contributed by atoms with Crippen molar-refractivity contribution in [3.05, 3.63) is 32.6 Å². The van der Waals surface area contributed by atoms with Crippen LogP contribution in [0.1, 0.15) is 43.9 Å². The second kappa shape index (κ2) is 12.4. The van der Waals surface area contributed by atoms with Gasteiger partial charge in [-0.1, -0.05) is 60.1 Å². The predicted octanol–water partition coefficient (Wildman–Crippen LogP) is 5.14. The smallest absolute Gasteiger partial charge is 0.124 e. The zero-order valence-electron chi connectivity index (χ0n) is 21.0. The summed E-state index contributed by atoms with van der Waals surface area (Å²) in [7, 11) is 3.53. The van der Waals surface area contributed by atoms with Crippen LogP contribution in [-0.4, -0.2) is 90.2 Å². The highest BCUT2D eigenvalue weighted by molar-refractivity contribution is 7.80. The molecule has 0 atom stereocenters. The van der Waals surface area contributed by atoms with Crippen LogP contribution < -0.4 is 0 Å². The van der Waals surface area contributed by atoms with E-state index < -0.39 is 0 Å². The van der Waals surface area contributed by atoms with Crippen molar-refractivity contribution in [3.63, 3.8) is 0 Å². The van der Waals surface area contributed by atoms with Crippen molar-refractivity contribution in [3.8, 4) is 16.2 Å². The fraction of sp³-hybridized carbons (Fsp3) is 0.654. The van der Waals surface area contributed by atoms with Gasteiger partial charge in [0.15, 0.2) is 0 Å². The van der Waals surface area contributed by atoms with Gasteiger partial charge >= 0.3 is 0 Å². The Balaban J connectivity index is 1.63. The van der Waals surface area contributed by atoms with Crippen molar-refractivity contribution >= 4 is 32.9 Å². The molecule has 2 fully saturated rings. The molecule has 2 aromatic rings. The Hall–Kier alpha value is -0.870. The maximum Gasteiger partial charge on any atom is 0.124 e. The van der Waals surface area contributed by atoms with Crippen LogP contribution in [0.15, 0.2) is 12.1 Å². The first-order chi connectivity index (χ1) is 16.5. The van der Waals surface area contributed by atoms with Gasteiger partial charge in [0.2, 0.25) is 0 Å². The van der Waals surface area contributed by atoms with Crippen molar-refractivity contribution in [2.45, 2.75) is 46.7 Å². The zero-order valence-corrected chi connectivity index (χ0v) is 23.5. The third-order valence-corrected chi connectivity index (χ3v) is 10.6. The van der Waals surface area contributed by atoms with Gasteiger partial charge in [0.1, 0.15) is 9.57 Å². The molecule has 0 radical (unpaired) electrons. The molecule has 5 nitrogen and oxygen atoms in total. The number of phenolic OH excluding ortho intramolecular Hbond substituents is 1. The van der Waals surface area contributed by atoms with E-state index in [2.05, 4.69) is 52.5 Å². The molecule has 1 aromatic heterocycles. The number of hydrogen-bond acceptors (Lipinski definition) is 8. The van der Waals surface area contributed by atoms with Crippen LogP contribution in [0.4, 0.5) is 0 Å². The number of phenols is 1. The number of rotatable bonds is 9. The second-order valence-corrected chi connectivity index (χ2v) is 12.4. The molecule has 1 aromatic carbocycles. The number of benzene rings is 1. The summed E-state index contributed by atoms with van der Waals surface area (Å²) in [6.07, 6.45) is 2.12. The molecular formula is C26H40N4OS3. The highest BCUT2D eigenvalue weighted by Gasteiger charge is 2.22. The summed E-state index contributed by atoms with van der Waals surface area (Å²) in [6, 6.07) is 4.49. The Labute approximate surface area is 218 Å². The van der Waals surface area contributed by atoms with Crippen LogP contribution in [-0.2, 0) is 19.5 Å². The van der Waals surface area contributed by atoms with Crippen LogP contribution in [0.25, 0.3) is 10.4 Å². The summed E-state index contributed by atoms with van der Waals surface area (Å²) in [5, 5.41) is 11.4. The van der Waals surface area contributed by atoms with Crippen molar-refractivity contribution in [1.29, 1.82) is 0 Å². The summed E-state index contributed by atoms with van der Waals surface area (Å²) < 4.78 is 1.03. The van der Waals surface area contributed by atoms with E-state index >= 15 is 0 Å². The molecule has 0 unspecified atom stereocenters. The monoisotopic (exact) mass is 520 g/mol. The van der Waals surface area contributed by atoms with Crippen LogP contribution in [0.2, 0.25) is 0 Å². The van der Waals surface area contributed by atoms with Gasteiger partial charge in [-0.2, -0.15) is 0 Å². The van der Waals surface area contributed by atoms with Crippen molar-refractivity contribution in [1.82, 2.24) is 19.6 Å². The van der Waals surface area contributed by atoms with Crippen molar-refractivity contribution < 1.29 is 5.11 Å². The number of nitrogens with zero attached hydrogens (tertiary/aromatic N) is 4. The molecule has 2 aliphatic rings. The molecular weight excluding hydrogens is 481 g/mol.